The van der Waals surface area contributed by atoms with E-state index in [0.717, 1.165) is 32.5 Å². The van der Waals surface area contributed by atoms with Gasteiger partial charge in [-0.15, -0.1) is 12.4 Å². The number of likely N-dealkylation sites (tertiary alicyclic amines) is 1. The van der Waals surface area contributed by atoms with Crippen LogP contribution in [0.3, 0.4) is 0 Å². The first-order valence-corrected chi connectivity index (χ1v) is 6.42. The number of likely N-dealkylation sites (N-methyl/N-ethyl adjacent to an activating group) is 1. The van der Waals surface area contributed by atoms with Crippen LogP contribution >= 0.6 is 12.4 Å². The Balaban J connectivity index is 0.00000162. The largest absolute Gasteiger partial charge is 0.317 e. The van der Waals surface area contributed by atoms with Crippen molar-refractivity contribution in [3.8, 4) is 0 Å². The second kappa shape index (κ2) is 7.07. The number of nitrogens with one attached hydrogen (secondary N) is 1. The molecular weight excluding hydrogens is 254 g/mol. The molecule has 0 unspecified atom stereocenters. The summed E-state index contributed by atoms with van der Waals surface area (Å²) in [4.78, 5) is 26.6. The van der Waals surface area contributed by atoms with Crippen molar-refractivity contribution >= 4 is 24.2 Å². The topological polar surface area (TPSA) is 52.7 Å². The minimum absolute atomic E-state index is 0. The smallest absolute Gasteiger partial charge is 0.229 e. The first-order valence-electron chi connectivity index (χ1n) is 6.42. The Kier molecular flexibility index (Phi) is 6.05. The van der Waals surface area contributed by atoms with Gasteiger partial charge in [0.25, 0.3) is 0 Å². The lowest BCUT2D eigenvalue weighted by atomic mass is 10.1. The van der Waals surface area contributed by atoms with Crippen molar-refractivity contribution in [1.82, 2.24) is 15.1 Å². The van der Waals surface area contributed by atoms with Crippen LogP contribution in [0.2, 0.25) is 0 Å². The summed E-state index contributed by atoms with van der Waals surface area (Å²) in [6.45, 7) is 3.48. The number of halogens is 1. The number of rotatable bonds is 4. The molecule has 0 atom stereocenters. The summed E-state index contributed by atoms with van der Waals surface area (Å²) in [5.74, 6) is -0.0116. The van der Waals surface area contributed by atoms with Crippen LogP contribution in [-0.2, 0) is 9.59 Å². The summed E-state index contributed by atoms with van der Waals surface area (Å²) in [7, 11) is 2.08. The van der Waals surface area contributed by atoms with Crippen molar-refractivity contribution in [2.75, 3.05) is 33.2 Å². The highest BCUT2D eigenvalue weighted by molar-refractivity contribution is 6.01. The molecule has 2 aliphatic rings. The molecule has 0 bridgehead atoms. The number of hydrogen-bond acceptors (Lipinski definition) is 4. The Bertz CT molecular complexity index is 290. The van der Waals surface area contributed by atoms with Crippen molar-refractivity contribution in [2.45, 2.75) is 31.7 Å². The summed E-state index contributed by atoms with van der Waals surface area (Å²) in [5, 5.41) is 3.34. The molecule has 0 aromatic rings. The van der Waals surface area contributed by atoms with Gasteiger partial charge in [-0.2, -0.15) is 0 Å². The molecule has 0 aliphatic carbocycles. The van der Waals surface area contributed by atoms with Gasteiger partial charge in [-0.05, 0) is 33.0 Å². The molecule has 5 nitrogen and oxygen atoms in total. The Morgan fingerprint density at radius 3 is 2.33 bits per heavy atom. The van der Waals surface area contributed by atoms with Crippen molar-refractivity contribution in [3.63, 3.8) is 0 Å². The molecule has 2 rings (SSSR count). The van der Waals surface area contributed by atoms with Crippen LogP contribution in [0.4, 0.5) is 0 Å². The zero-order valence-electron chi connectivity index (χ0n) is 10.9. The monoisotopic (exact) mass is 275 g/mol. The van der Waals surface area contributed by atoms with Gasteiger partial charge < -0.3 is 10.2 Å². The summed E-state index contributed by atoms with van der Waals surface area (Å²) >= 11 is 0. The fourth-order valence-electron chi connectivity index (χ4n) is 2.56. The van der Waals surface area contributed by atoms with E-state index in [1.54, 1.807) is 0 Å². The lowest BCUT2D eigenvalue weighted by molar-refractivity contribution is -0.138. The van der Waals surface area contributed by atoms with E-state index in [-0.39, 0.29) is 24.2 Å². The number of piperidine rings is 1. The maximum atomic E-state index is 11.5. The molecule has 0 saturated carbocycles. The maximum Gasteiger partial charge on any atom is 0.229 e. The second-order valence-electron chi connectivity index (χ2n) is 4.90. The quantitative estimate of drug-likeness (QED) is 0.747. The van der Waals surface area contributed by atoms with Crippen molar-refractivity contribution in [3.05, 3.63) is 0 Å². The van der Waals surface area contributed by atoms with Crippen molar-refractivity contribution in [2.24, 2.45) is 0 Å². The molecule has 6 heteroatoms. The van der Waals surface area contributed by atoms with Crippen LogP contribution in [0.1, 0.15) is 25.7 Å². The van der Waals surface area contributed by atoms with Crippen LogP contribution in [-0.4, -0.2) is 60.9 Å². The SMILES string of the molecule is CN(CCN1C(=O)CCC1=O)C1CCNCC1.Cl. The average Bonchev–Trinajstić information content (AvgIpc) is 2.67. The Morgan fingerprint density at radius 2 is 1.78 bits per heavy atom. The third-order valence-electron chi connectivity index (χ3n) is 3.76. The van der Waals surface area contributed by atoms with E-state index in [0.29, 0.717) is 25.4 Å². The Morgan fingerprint density at radius 1 is 1.22 bits per heavy atom. The van der Waals surface area contributed by atoms with Gasteiger partial charge in [0.2, 0.25) is 11.8 Å². The predicted molar refractivity (Wildman–Crippen MR) is 71.7 cm³/mol. The van der Waals surface area contributed by atoms with Gasteiger partial charge in [0.05, 0.1) is 0 Å². The zero-order valence-corrected chi connectivity index (χ0v) is 11.7. The number of imide groups is 1. The van der Waals surface area contributed by atoms with Crippen LogP contribution in [0, 0.1) is 0 Å². The molecule has 0 spiro atoms. The third-order valence-corrected chi connectivity index (χ3v) is 3.76. The van der Waals surface area contributed by atoms with E-state index in [1.807, 2.05) is 0 Å². The fraction of sp³-hybridized carbons (Fsp3) is 0.833. The fourth-order valence-corrected chi connectivity index (χ4v) is 2.56. The molecule has 2 fully saturated rings. The highest BCUT2D eigenvalue weighted by Crippen LogP contribution is 2.13. The number of amides is 2. The number of hydrogen-bond donors (Lipinski definition) is 1. The number of carbonyl (C=O) groups excluding carboxylic acids is 2. The maximum absolute atomic E-state index is 11.5. The van der Waals surface area contributed by atoms with Gasteiger partial charge in [0.15, 0.2) is 0 Å². The van der Waals surface area contributed by atoms with Gasteiger partial charge in [-0.3, -0.25) is 14.5 Å². The van der Waals surface area contributed by atoms with Crippen LogP contribution in [0.5, 0.6) is 0 Å². The Labute approximate surface area is 114 Å². The molecule has 2 amide bonds. The highest BCUT2D eigenvalue weighted by Gasteiger charge is 2.29. The van der Waals surface area contributed by atoms with Gasteiger partial charge in [0.1, 0.15) is 0 Å². The number of nitrogens with zero attached hydrogens (tertiary/aromatic N) is 2. The van der Waals surface area contributed by atoms with Gasteiger partial charge >= 0.3 is 0 Å². The normalized spacial score (nSPS) is 21.6. The third kappa shape index (κ3) is 3.67. The zero-order chi connectivity index (χ0) is 12.3. The molecule has 104 valence electrons. The van der Waals surface area contributed by atoms with Crippen molar-refractivity contribution in [1.29, 1.82) is 0 Å². The van der Waals surface area contributed by atoms with Gasteiger partial charge in [-0.1, -0.05) is 0 Å². The van der Waals surface area contributed by atoms with E-state index < -0.39 is 0 Å². The first-order chi connectivity index (χ1) is 8.18. The van der Waals surface area contributed by atoms with E-state index in [4.69, 9.17) is 0 Å². The molecule has 2 heterocycles. The van der Waals surface area contributed by atoms with E-state index in [2.05, 4.69) is 17.3 Å². The van der Waals surface area contributed by atoms with Crippen LogP contribution < -0.4 is 5.32 Å². The predicted octanol–water partition coefficient (Wildman–Crippen LogP) is 0.241. The highest BCUT2D eigenvalue weighted by atomic mass is 35.5. The molecule has 1 N–H and O–H groups in total. The van der Waals surface area contributed by atoms with Crippen molar-refractivity contribution < 1.29 is 9.59 Å². The average molecular weight is 276 g/mol. The second-order valence-corrected chi connectivity index (χ2v) is 4.90. The summed E-state index contributed by atoms with van der Waals surface area (Å²) in [6, 6.07) is 0.587. The summed E-state index contributed by atoms with van der Waals surface area (Å²) < 4.78 is 0. The molecule has 18 heavy (non-hydrogen) atoms. The minimum Gasteiger partial charge on any atom is -0.317 e. The lowest BCUT2D eigenvalue weighted by Gasteiger charge is -2.32. The molecule has 0 aromatic carbocycles. The Hall–Kier alpha value is -0.650. The van der Waals surface area contributed by atoms with Crippen LogP contribution in [0.25, 0.3) is 0 Å². The van der Waals surface area contributed by atoms with E-state index in [1.165, 1.54) is 4.90 Å². The first kappa shape index (κ1) is 15.4. The molecule has 0 aromatic heterocycles. The van der Waals surface area contributed by atoms with E-state index in [9.17, 15) is 9.59 Å². The molecule has 2 aliphatic heterocycles. The number of carbonyl (C=O) groups is 2. The standard InChI is InChI=1S/C12H21N3O2.ClH/c1-14(10-4-6-13-7-5-10)8-9-15-11(16)2-3-12(15)17;/h10,13H,2-9H2,1H3;1H. The molecule has 2 saturated heterocycles. The summed E-state index contributed by atoms with van der Waals surface area (Å²) in [5.41, 5.74) is 0. The van der Waals surface area contributed by atoms with Crippen LogP contribution in [0.15, 0.2) is 0 Å². The molecular formula is C12H22ClN3O2. The van der Waals surface area contributed by atoms with E-state index >= 15 is 0 Å². The lowest BCUT2D eigenvalue weighted by Crippen LogP contribution is -2.44. The molecule has 0 radical (unpaired) electrons. The van der Waals surface area contributed by atoms with Gasteiger partial charge in [-0.25, -0.2) is 0 Å². The minimum atomic E-state index is -0.00582. The van der Waals surface area contributed by atoms with Gasteiger partial charge in [0, 0.05) is 32.0 Å². The summed E-state index contributed by atoms with van der Waals surface area (Å²) in [6.07, 6.45) is 3.10.